The Labute approximate surface area is 246 Å². The van der Waals surface area contributed by atoms with Crippen molar-refractivity contribution in [3.63, 3.8) is 0 Å². The molecular formula is C36H52F4O. The van der Waals surface area contributed by atoms with Crippen LogP contribution in [0.2, 0.25) is 0 Å². The van der Waals surface area contributed by atoms with Gasteiger partial charge in [0.25, 0.3) is 0 Å². The van der Waals surface area contributed by atoms with Crippen LogP contribution in [0.3, 0.4) is 0 Å². The Balaban J connectivity index is 1.52. The fraction of sp³-hybridized carbons (Fsp3) is 0.667. The van der Waals surface area contributed by atoms with Gasteiger partial charge in [-0.15, -0.1) is 0 Å². The van der Waals surface area contributed by atoms with Gasteiger partial charge in [-0.3, -0.25) is 0 Å². The normalized spacial score (nSPS) is 14.9. The van der Waals surface area contributed by atoms with Crippen LogP contribution >= 0.6 is 0 Å². The lowest BCUT2D eigenvalue weighted by atomic mass is 9.79. The van der Waals surface area contributed by atoms with E-state index < -0.39 is 23.3 Å². The largest absolute Gasteiger partial charge is 0.381 e. The first-order chi connectivity index (χ1) is 20.0. The Morgan fingerprint density at radius 2 is 1.27 bits per heavy atom. The summed E-state index contributed by atoms with van der Waals surface area (Å²) < 4.78 is 66.2. The van der Waals surface area contributed by atoms with Crippen molar-refractivity contribution in [2.75, 3.05) is 13.2 Å². The van der Waals surface area contributed by atoms with Crippen molar-refractivity contribution in [3.05, 3.63) is 58.2 Å². The number of fused-ring (bicyclic) bond motifs is 1. The number of halogens is 4. The summed E-state index contributed by atoms with van der Waals surface area (Å²) in [5, 5.41) is 0. The molecule has 3 rings (SSSR count). The summed E-state index contributed by atoms with van der Waals surface area (Å²) in [4.78, 5) is 0. The molecule has 1 aliphatic carbocycles. The van der Waals surface area contributed by atoms with Gasteiger partial charge < -0.3 is 4.74 Å². The van der Waals surface area contributed by atoms with Crippen molar-refractivity contribution in [1.82, 2.24) is 0 Å². The lowest BCUT2D eigenvalue weighted by Gasteiger charge is -2.26. The molecule has 0 radical (unpaired) electrons. The van der Waals surface area contributed by atoms with Crippen LogP contribution < -0.4 is 0 Å². The lowest BCUT2D eigenvalue weighted by Crippen LogP contribution is -2.17. The van der Waals surface area contributed by atoms with Gasteiger partial charge in [0.05, 0.1) is 0 Å². The Hall–Kier alpha value is -1.88. The standard InChI is InChI=1S/C36H52F4O/c1-3-5-7-9-10-11-13-17-27-19-20-29-26-32(36(40)35(39)31(29)25-27)30-22-21-28(33(37)34(30)38)18-14-12-16-24-41-23-15-8-6-4-2/h21-22,26-27H,3-20,23-25H2,1-2H3. The van der Waals surface area contributed by atoms with Crippen molar-refractivity contribution in [2.24, 2.45) is 5.92 Å². The first-order valence-electron chi connectivity index (χ1n) is 16.5. The maximum Gasteiger partial charge on any atom is 0.167 e. The molecule has 2 aromatic rings. The average Bonchev–Trinajstić information content (AvgIpc) is 2.98. The van der Waals surface area contributed by atoms with E-state index in [9.17, 15) is 4.39 Å². The highest BCUT2D eigenvalue weighted by atomic mass is 19.2. The van der Waals surface area contributed by atoms with Gasteiger partial charge in [-0.05, 0) is 73.6 Å². The number of rotatable bonds is 20. The van der Waals surface area contributed by atoms with Crippen LogP contribution in [0.15, 0.2) is 18.2 Å². The zero-order valence-electron chi connectivity index (χ0n) is 25.6. The van der Waals surface area contributed by atoms with Crippen molar-refractivity contribution in [1.29, 1.82) is 0 Å². The van der Waals surface area contributed by atoms with E-state index in [0.717, 1.165) is 57.1 Å². The summed E-state index contributed by atoms with van der Waals surface area (Å²) >= 11 is 0. The smallest absolute Gasteiger partial charge is 0.167 e. The maximum atomic E-state index is 15.2. The third-order valence-electron chi connectivity index (χ3n) is 8.76. The summed E-state index contributed by atoms with van der Waals surface area (Å²) in [5.41, 5.74) is 1.05. The van der Waals surface area contributed by atoms with Crippen LogP contribution in [-0.2, 0) is 24.0 Å². The molecule has 1 nitrogen and oxygen atoms in total. The summed E-state index contributed by atoms with van der Waals surface area (Å²) in [5.74, 6) is -3.66. The second-order valence-electron chi connectivity index (χ2n) is 12.1. The van der Waals surface area contributed by atoms with E-state index in [1.54, 1.807) is 6.07 Å². The highest BCUT2D eigenvalue weighted by molar-refractivity contribution is 5.67. The van der Waals surface area contributed by atoms with Gasteiger partial charge in [0, 0.05) is 24.3 Å². The third kappa shape index (κ3) is 10.4. The molecule has 1 unspecified atom stereocenters. The molecule has 5 heteroatoms. The summed E-state index contributed by atoms with van der Waals surface area (Å²) in [6.07, 6.45) is 19.4. The quantitative estimate of drug-likeness (QED) is 0.113. The summed E-state index contributed by atoms with van der Waals surface area (Å²) in [6, 6.07) is 4.48. The van der Waals surface area contributed by atoms with Gasteiger partial charge in [-0.25, -0.2) is 17.6 Å². The van der Waals surface area contributed by atoms with Crippen LogP contribution in [0.25, 0.3) is 11.1 Å². The molecular weight excluding hydrogens is 524 g/mol. The van der Waals surface area contributed by atoms with E-state index in [1.807, 2.05) is 0 Å². The molecule has 2 aromatic carbocycles. The molecule has 0 saturated heterocycles. The number of aryl methyl sites for hydroxylation is 2. The van der Waals surface area contributed by atoms with Crippen molar-refractivity contribution < 1.29 is 22.3 Å². The molecule has 0 saturated carbocycles. The molecule has 0 fully saturated rings. The number of ether oxygens (including phenoxy) is 1. The van der Waals surface area contributed by atoms with Gasteiger partial charge >= 0.3 is 0 Å². The fourth-order valence-electron chi connectivity index (χ4n) is 6.16. The van der Waals surface area contributed by atoms with Crippen LogP contribution in [0.5, 0.6) is 0 Å². The van der Waals surface area contributed by atoms with Crippen molar-refractivity contribution in [2.45, 2.75) is 136 Å². The lowest BCUT2D eigenvalue weighted by molar-refractivity contribution is 0.126. The highest BCUT2D eigenvalue weighted by Gasteiger charge is 2.27. The molecule has 0 amide bonds. The topological polar surface area (TPSA) is 9.23 Å². The van der Waals surface area contributed by atoms with Crippen LogP contribution in [0, 0.1) is 29.2 Å². The van der Waals surface area contributed by atoms with Crippen LogP contribution in [0.4, 0.5) is 17.6 Å². The third-order valence-corrected chi connectivity index (χ3v) is 8.76. The first kappa shape index (κ1) is 33.6. The molecule has 0 spiro atoms. The number of unbranched alkanes of at least 4 members (excludes halogenated alkanes) is 11. The van der Waals surface area contributed by atoms with Gasteiger partial charge in [-0.1, -0.05) is 103 Å². The van der Waals surface area contributed by atoms with E-state index in [2.05, 4.69) is 13.8 Å². The second kappa shape index (κ2) is 18.6. The maximum absolute atomic E-state index is 15.2. The Bertz CT molecular complexity index is 1050. The SMILES string of the molecule is CCCCCCCCCC1CCc2cc(-c3ccc(CCCCCOCCCCCC)c(F)c3F)c(F)c(F)c2C1. The zero-order chi connectivity index (χ0) is 29.5. The highest BCUT2D eigenvalue weighted by Crippen LogP contribution is 2.37. The van der Waals surface area contributed by atoms with Crippen LogP contribution in [0.1, 0.15) is 133 Å². The van der Waals surface area contributed by atoms with Crippen molar-refractivity contribution in [3.8, 4) is 11.1 Å². The van der Waals surface area contributed by atoms with E-state index in [4.69, 9.17) is 4.74 Å². The minimum Gasteiger partial charge on any atom is -0.381 e. The Kier molecular flexibility index (Phi) is 15.3. The molecule has 0 aliphatic heterocycles. The van der Waals surface area contributed by atoms with Gasteiger partial charge in [0.15, 0.2) is 23.3 Å². The predicted molar refractivity (Wildman–Crippen MR) is 162 cm³/mol. The summed E-state index contributed by atoms with van der Waals surface area (Å²) in [6.45, 7) is 5.86. The average molecular weight is 577 g/mol. The summed E-state index contributed by atoms with van der Waals surface area (Å²) in [7, 11) is 0. The molecule has 41 heavy (non-hydrogen) atoms. The predicted octanol–water partition coefficient (Wildman–Crippen LogP) is 11.5. The molecule has 1 atom stereocenters. The molecule has 230 valence electrons. The van der Waals surface area contributed by atoms with Gasteiger partial charge in [0.2, 0.25) is 0 Å². The minimum atomic E-state index is -1.09. The molecule has 0 bridgehead atoms. The Morgan fingerprint density at radius 3 is 1.98 bits per heavy atom. The van der Waals surface area contributed by atoms with E-state index in [-0.39, 0.29) is 16.7 Å². The fourth-order valence-corrected chi connectivity index (χ4v) is 6.16. The molecule has 1 aliphatic rings. The first-order valence-corrected chi connectivity index (χ1v) is 16.5. The number of benzene rings is 2. The number of hydrogen-bond acceptors (Lipinski definition) is 1. The minimum absolute atomic E-state index is 0.175. The molecule has 0 aromatic heterocycles. The van der Waals surface area contributed by atoms with Gasteiger partial charge in [-0.2, -0.15) is 0 Å². The van der Waals surface area contributed by atoms with E-state index >= 15 is 13.2 Å². The molecule has 0 N–H and O–H groups in total. The molecule has 0 heterocycles. The van der Waals surface area contributed by atoms with Gasteiger partial charge in [0.1, 0.15) is 0 Å². The van der Waals surface area contributed by atoms with E-state index in [0.29, 0.717) is 37.4 Å². The zero-order valence-corrected chi connectivity index (χ0v) is 25.6. The second-order valence-corrected chi connectivity index (χ2v) is 12.1. The van der Waals surface area contributed by atoms with E-state index in [1.165, 1.54) is 69.9 Å². The number of hydrogen-bond donors (Lipinski definition) is 0. The van der Waals surface area contributed by atoms with Crippen LogP contribution in [-0.4, -0.2) is 13.2 Å². The monoisotopic (exact) mass is 576 g/mol. The van der Waals surface area contributed by atoms with Crippen molar-refractivity contribution >= 4 is 0 Å². The Morgan fingerprint density at radius 1 is 0.659 bits per heavy atom.